The minimum atomic E-state index is -0.604. The van der Waals surface area contributed by atoms with Gasteiger partial charge in [0.2, 0.25) is 5.91 Å². The molecule has 2 aromatic rings. The third kappa shape index (κ3) is 2.74. The van der Waals surface area contributed by atoms with Crippen LogP contribution in [0.2, 0.25) is 0 Å². The summed E-state index contributed by atoms with van der Waals surface area (Å²) >= 11 is 0. The molecule has 2 fully saturated rings. The van der Waals surface area contributed by atoms with E-state index in [4.69, 9.17) is 0 Å². The molecule has 1 amide bonds. The number of hydrogen-bond donors (Lipinski definition) is 0. The number of amides is 1. The Morgan fingerprint density at radius 2 is 1.38 bits per heavy atom. The Morgan fingerprint density at radius 1 is 0.792 bits per heavy atom. The predicted molar refractivity (Wildman–Crippen MR) is 91.0 cm³/mol. The molecule has 2 aromatic carbocycles. The molecule has 0 aliphatic carbocycles. The second-order valence-electron chi connectivity index (χ2n) is 6.62. The maximum Gasteiger partial charge on any atom is 0.247 e. The Morgan fingerprint density at radius 3 is 2.00 bits per heavy atom. The Bertz CT molecular complexity index is 745. The molecule has 24 heavy (non-hydrogen) atoms. The molecule has 0 radical (unpaired) electrons. The van der Waals surface area contributed by atoms with E-state index in [0.717, 1.165) is 11.1 Å². The molecular formula is C20H20N2O2. The summed E-state index contributed by atoms with van der Waals surface area (Å²) in [5, 5.41) is 0. The molecule has 2 saturated heterocycles. The van der Waals surface area contributed by atoms with Crippen molar-refractivity contribution in [3.05, 3.63) is 71.8 Å². The number of ketones is 1. The SMILES string of the molecule is O=C1[C@H]2CN(Cc3ccccc3)C(=O)[C@@H]1N(Cc1ccccc1)C2. The molecule has 2 bridgehead atoms. The number of fused-ring (bicyclic) bond motifs is 2. The summed E-state index contributed by atoms with van der Waals surface area (Å²) in [4.78, 5) is 29.3. The highest BCUT2D eigenvalue weighted by Crippen LogP contribution is 2.30. The van der Waals surface area contributed by atoms with Gasteiger partial charge in [-0.15, -0.1) is 0 Å². The Hall–Kier alpha value is -2.46. The van der Waals surface area contributed by atoms with Gasteiger partial charge in [0, 0.05) is 26.2 Å². The van der Waals surface area contributed by atoms with Gasteiger partial charge >= 0.3 is 0 Å². The van der Waals surface area contributed by atoms with Crippen molar-refractivity contribution in [2.75, 3.05) is 13.1 Å². The average Bonchev–Trinajstić information content (AvgIpc) is 2.82. The smallest absolute Gasteiger partial charge is 0.247 e. The summed E-state index contributed by atoms with van der Waals surface area (Å²) in [6.07, 6.45) is 0. The average molecular weight is 320 g/mol. The summed E-state index contributed by atoms with van der Waals surface area (Å²) in [5.41, 5.74) is 2.24. The lowest BCUT2D eigenvalue weighted by atomic mass is 9.97. The van der Waals surface area contributed by atoms with Crippen molar-refractivity contribution >= 4 is 11.7 Å². The molecule has 4 nitrogen and oxygen atoms in total. The fourth-order valence-electron chi connectivity index (χ4n) is 3.76. The van der Waals surface area contributed by atoms with E-state index in [-0.39, 0.29) is 17.6 Å². The number of likely N-dealkylation sites (tertiary alicyclic amines) is 2. The van der Waals surface area contributed by atoms with Crippen LogP contribution >= 0.6 is 0 Å². The highest BCUT2D eigenvalue weighted by molar-refractivity contribution is 6.10. The number of carbonyl (C=O) groups excluding carboxylic acids is 2. The number of Topliss-reactive ketones (excluding diaryl/α,β-unsaturated/α-hetero) is 1. The Kier molecular flexibility index (Phi) is 3.90. The molecule has 2 atom stereocenters. The molecule has 0 saturated carbocycles. The van der Waals surface area contributed by atoms with Gasteiger partial charge in [-0.3, -0.25) is 14.5 Å². The first-order valence-electron chi connectivity index (χ1n) is 8.37. The van der Waals surface area contributed by atoms with E-state index in [9.17, 15) is 9.59 Å². The van der Waals surface area contributed by atoms with E-state index in [0.29, 0.717) is 26.2 Å². The second kappa shape index (κ2) is 6.21. The summed E-state index contributed by atoms with van der Waals surface area (Å²) in [5.74, 6) is -0.00565. The van der Waals surface area contributed by atoms with Gasteiger partial charge < -0.3 is 4.90 Å². The largest absolute Gasteiger partial charge is 0.336 e. The van der Waals surface area contributed by atoms with Crippen LogP contribution in [-0.4, -0.2) is 40.6 Å². The van der Waals surface area contributed by atoms with Crippen molar-refractivity contribution in [1.82, 2.24) is 9.80 Å². The van der Waals surface area contributed by atoms with Crippen molar-refractivity contribution in [3.8, 4) is 0 Å². The fourth-order valence-corrected chi connectivity index (χ4v) is 3.76. The summed E-state index contributed by atoms with van der Waals surface area (Å²) in [6.45, 7) is 2.45. The van der Waals surface area contributed by atoms with Crippen molar-refractivity contribution in [3.63, 3.8) is 0 Å². The van der Waals surface area contributed by atoms with E-state index in [2.05, 4.69) is 0 Å². The van der Waals surface area contributed by atoms with Crippen molar-refractivity contribution in [2.24, 2.45) is 5.92 Å². The molecule has 0 N–H and O–H groups in total. The lowest BCUT2D eigenvalue weighted by Gasteiger charge is -2.31. The number of benzene rings is 2. The first-order valence-corrected chi connectivity index (χ1v) is 8.37. The van der Waals surface area contributed by atoms with Gasteiger partial charge in [-0.05, 0) is 11.1 Å². The van der Waals surface area contributed by atoms with Gasteiger partial charge in [0.1, 0.15) is 6.04 Å². The third-order valence-corrected chi connectivity index (χ3v) is 4.92. The minimum Gasteiger partial charge on any atom is -0.336 e. The minimum absolute atomic E-state index is 0.0477. The zero-order chi connectivity index (χ0) is 16.5. The van der Waals surface area contributed by atoms with Crippen LogP contribution < -0.4 is 0 Å². The molecule has 4 heteroatoms. The first kappa shape index (κ1) is 15.1. The van der Waals surface area contributed by atoms with Crippen LogP contribution in [0.3, 0.4) is 0 Å². The van der Waals surface area contributed by atoms with Gasteiger partial charge in [-0.2, -0.15) is 0 Å². The molecule has 2 heterocycles. The van der Waals surface area contributed by atoms with Crippen LogP contribution in [0, 0.1) is 5.92 Å². The van der Waals surface area contributed by atoms with Crippen molar-refractivity contribution in [2.45, 2.75) is 19.1 Å². The zero-order valence-corrected chi connectivity index (χ0v) is 13.5. The number of rotatable bonds is 4. The maximum atomic E-state index is 12.9. The topological polar surface area (TPSA) is 40.6 Å². The molecule has 2 aliphatic heterocycles. The normalized spacial score (nSPS) is 23.8. The number of hydrogen-bond acceptors (Lipinski definition) is 3. The molecule has 2 aliphatic rings. The Labute approximate surface area is 141 Å². The molecule has 122 valence electrons. The lowest BCUT2D eigenvalue weighted by Crippen LogP contribution is -2.52. The molecular weight excluding hydrogens is 300 g/mol. The zero-order valence-electron chi connectivity index (χ0n) is 13.5. The lowest BCUT2D eigenvalue weighted by molar-refractivity contribution is -0.145. The van der Waals surface area contributed by atoms with Gasteiger partial charge in [-0.1, -0.05) is 60.7 Å². The summed E-state index contributed by atoms with van der Waals surface area (Å²) < 4.78 is 0. The summed E-state index contributed by atoms with van der Waals surface area (Å²) in [7, 11) is 0. The molecule has 0 aromatic heterocycles. The van der Waals surface area contributed by atoms with Gasteiger partial charge in [0.25, 0.3) is 0 Å². The fraction of sp³-hybridized carbons (Fsp3) is 0.300. The van der Waals surface area contributed by atoms with Crippen LogP contribution in [-0.2, 0) is 22.7 Å². The van der Waals surface area contributed by atoms with Gasteiger partial charge in [0.15, 0.2) is 5.78 Å². The van der Waals surface area contributed by atoms with Crippen LogP contribution in [0.4, 0.5) is 0 Å². The van der Waals surface area contributed by atoms with Crippen LogP contribution in [0.5, 0.6) is 0 Å². The van der Waals surface area contributed by atoms with Crippen molar-refractivity contribution in [1.29, 1.82) is 0 Å². The van der Waals surface area contributed by atoms with E-state index in [1.807, 2.05) is 70.5 Å². The first-order chi connectivity index (χ1) is 11.7. The van der Waals surface area contributed by atoms with E-state index >= 15 is 0 Å². The molecule has 0 unspecified atom stereocenters. The molecule has 4 rings (SSSR count). The monoisotopic (exact) mass is 320 g/mol. The van der Waals surface area contributed by atoms with E-state index in [1.54, 1.807) is 0 Å². The highest BCUT2D eigenvalue weighted by atomic mass is 16.2. The number of carbonyl (C=O) groups is 2. The Balaban J connectivity index is 1.52. The number of piperidine rings is 1. The van der Waals surface area contributed by atoms with Gasteiger partial charge in [-0.25, -0.2) is 0 Å². The van der Waals surface area contributed by atoms with Crippen LogP contribution in [0.1, 0.15) is 11.1 Å². The number of nitrogens with zero attached hydrogens (tertiary/aromatic N) is 2. The highest BCUT2D eigenvalue weighted by Gasteiger charge is 2.50. The third-order valence-electron chi connectivity index (χ3n) is 4.92. The maximum absolute atomic E-state index is 12.9. The second-order valence-corrected chi connectivity index (χ2v) is 6.62. The summed E-state index contributed by atoms with van der Waals surface area (Å²) in [6, 6.07) is 19.4. The molecule has 0 spiro atoms. The van der Waals surface area contributed by atoms with E-state index < -0.39 is 6.04 Å². The van der Waals surface area contributed by atoms with E-state index in [1.165, 1.54) is 0 Å². The van der Waals surface area contributed by atoms with Crippen molar-refractivity contribution < 1.29 is 9.59 Å². The van der Waals surface area contributed by atoms with Crippen LogP contribution in [0.15, 0.2) is 60.7 Å². The van der Waals surface area contributed by atoms with Gasteiger partial charge in [0.05, 0.1) is 5.92 Å². The quantitative estimate of drug-likeness (QED) is 0.810. The predicted octanol–water partition coefficient (Wildman–Crippen LogP) is 2.10. The van der Waals surface area contributed by atoms with Crippen LogP contribution in [0.25, 0.3) is 0 Å². The standard InChI is InChI=1S/C20H20N2O2/c23-19-17-13-21(11-15-7-3-1-4-8-15)18(19)20(24)22(14-17)12-16-9-5-2-6-10-16/h1-10,17-18H,11-14H2/t17-,18-/m1/s1.